The highest BCUT2D eigenvalue weighted by atomic mass is 19.4. The zero-order valence-corrected chi connectivity index (χ0v) is 11.5. The molecular formula is C14H22F3NO2. The molecular weight excluding hydrogens is 271 g/mol. The fourth-order valence-electron chi connectivity index (χ4n) is 3.37. The van der Waals surface area contributed by atoms with Crippen molar-refractivity contribution >= 4 is 5.91 Å². The molecule has 2 fully saturated rings. The van der Waals surface area contributed by atoms with Gasteiger partial charge < -0.3 is 10.0 Å². The molecule has 1 heterocycles. The third kappa shape index (κ3) is 3.45. The molecule has 1 amide bonds. The molecule has 20 heavy (non-hydrogen) atoms. The van der Waals surface area contributed by atoms with Gasteiger partial charge in [-0.15, -0.1) is 0 Å². The van der Waals surface area contributed by atoms with Gasteiger partial charge in [-0.2, -0.15) is 13.2 Å². The molecule has 1 saturated carbocycles. The summed E-state index contributed by atoms with van der Waals surface area (Å²) < 4.78 is 38.0. The van der Waals surface area contributed by atoms with Gasteiger partial charge in [0.2, 0.25) is 5.91 Å². The van der Waals surface area contributed by atoms with Crippen molar-refractivity contribution in [2.75, 3.05) is 6.54 Å². The Labute approximate surface area is 117 Å². The first kappa shape index (κ1) is 15.6. The number of hydrogen-bond donors (Lipinski definition) is 1. The van der Waals surface area contributed by atoms with Gasteiger partial charge >= 0.3 is 6.18 Å². The number of nitrogens with zero attached hydrogens (tertiary/aromatic N) is 1. The highest BCUT2D eigenvalue weighted by Gasteiger charge is 2.48. The SMILES string of the molecule is O=C(C1CCCCCC1)N1CCCC1C(O)C(F)(F)F. The second kappa shape index (κ2) is 6.33. The molecule has 2 atom stereocenters. The molecule has 0 bridgehead atoms. The van der Waals surface area contributed by atoms with Crippen molar-refractivity contribution in [2.24, 2.45) is 5.92 Å². The van der Waals surface area contributed by atoms with E-state index in [4.69, 9.17) is 0 Å². The second-order valence-corrected chi connectivity index (χ2v) is 5.92. The highest BCUT2D eigenvalue weighted by Crippen LogP contribution is 2.33. The van der Waals surface area contributed by atoms with E-state index in [-0.39, 0.29) is 18.2 Å². The minimum absolute atomic E-state index is 0.154. The van der Waals surface area contributed by atoms with Crippen molar-refractivity contribution in [3.8, 4) is 0 Å². The molecule has 0 radical (unpaired) electrons. The van der Waals surface area contributed by atoms with Crippen molar-refractivity contribution < 1.29 is 23.1 Å². The van der Waals surface area contributed by atoms with Crippen molar-refractivity contribution in [3.63, 3.8) is 0 Å². The van der Waals surface area contributed by atoms with E-state index >= 15 is 0 Å². The first-order valence-corrected chi connectivity index (χ1v) is 7.46. The molecule has 1 aliphatic heterocycles. The predicted octanol–water partition coefficient (Wildman–Crippen LogP) is 2.87. The average molecular weight is 293 g/mol. The van der Waals surface area contributed by atoms with Crippen LogP contribution in [0.25, 0.3) is 0 Å². The Morgan fingerprint density at radius 3 is 2.20 bits per heavy atom. The lowest BCUT2D eigenvalue weighted by molar-refractivity contribution is -0.219. The lowest BCUT2D eigenvalue weighted by Gasteiger charge is -2.32. The number of carbonyl (C=O) groups is 1. The smallest absolute Gasteiger partial charge is 0.382 e. The molecule has 1 aliphatic carbocycles. The highest BCUT2D eigenvalue weighted by molar-refractivity contribution is 5.79. The molecule has 2 aliphatic rings. The fraction of sp³-hybridized carbons (Fsp3) is 0.929. The quantitative estimate of drug-likeness (QED) is 0.795. The number of hydrogen-bond acceptors (Lipinski definition) is 2. The van der Waals surface area contributed by atoms with Crippen LogP contribution < -0.4 is 0 Å². The molecule has 116 valence electrons. The Balaban J connectivity index is 2.04. The Bertz CT molecular complexity index is 338. The van der Waals surface area contributed by atoms with E-state index in [0.29, 0.717) is 13.0 Å². The topological polar surface area (TPSA) is 40.5 Å². The van der Waals surface area contributed by atoms with Crippen molar-refractivity contribution in [3.05, 3.63) is 0 Å². The number of aliphatic hydroxyl groups is 1. The van der Waals surface area contributed by atoms with Crippen molar-refractivity contribution in [2.45, 2.75) is 69.7 Å². The van der Waals surface area contributed by atoms with Gasteiger partial charge in [-0.05, 0) is 25.7 Å². The molecule has 0 aromatic heterocycles. The lowest BCUT2D eigenvalue weighted by atomic mass is 9.97. The first-order valence-electron chi connectivity index (χ1n) is 7.46. The molecule has 1 saturated heterocycles. The summed E-state index contributed by atoms with van der Waals surface area (Å²) in [6.45, 7) is 0.340. The molecule has 0 aromatic rings. The number of likely N-dealkylation sites (tertiary alicyclic amines) is 1. The van der Waals surface area contributed by atoms with E-state index in [9.17, 15) is 23.1 Å². The van der Waals surface area contributed by atoms with Crippen molar-refractivity contribution in [1.82, 2.24) is 4.90 Å². The Kier molecular flexibility index (Phi) is 4.94. The summed E-state index contributed by atoms with van der Waals surface area (Å²) in [5.41, 5.74) is 0. The summed E-state index contributed by atoms with van der Waals surface area (Å²) in [4.78, 5) is 13.7. The molecule has 0 spiro atoms. The minimum atomic E-state index is -4.66. The van der Waals surface area contributed by atoms with Gasteiger partial charge in [0.1, 0.15) is 0 Å². The van der Waals surface area contributed by atoms with E-state index in [1.807, 2.05) is 0 Å². The summed E-state index contributed by atoms with van der Waals surface area (Å²) in [6.07, 6.45) is -0.634. The van der Waals surface area contributed by atoms with E-state index < -0.39 is 18.3 Å². The first-order chi connectivity index (χ1) is 9.41. The van der Waals surface area contributed by atoms with Crippen LogP contribution >= 0.6 is 0 Å². The van der Waals surface area contributed by atoms with Crippen LogP contribution in [0.3, 0.4) is 0 Å². The van der Waals surface area contributed by atoms with Crippen LogP contribution in [0.4, 0.5) is 13.2 Å². The summed E-state index contributed by atoms with van der Waals surface area (Å²) in [6, 6.07) is -1.09. The van der Waals surface area contributed by atoms with Gasteiger partial charge in [-0.1, -0.05) is 25.7 Å². The number of aliphatic hydroxyl groups excluding tert-OH is 1. The van der Waals surface area contributed by atoms with E-state index in [0.717, 1.165) is 38.5 Å². The van der Waals surface area contributed by atoms with Crippen LogP contribution in [0, 0.1) is 5.92 Å². The number of rotatable bonds is 2. The largest absolute Gasteiger partial charge is 0.416 e. The molecule has 1 N–H and O–H groups in total. The number of halogens is 3. The van der Waals surface area contributed by atoms with Gasteiger partial charge in [-0.25, -0.2) is 0 Å². The average Bonchev–Trinajstić information content (AvgIpc) is 2.70. The molecule has 3 nitrogen and oxygen atoms in total. The van der Waals surface area contributed by atoms with E-state index in [1.165, 1.54) is 4.90 Å². The monoisotopic (exact) mass is 293 g/mol. The summed E-state index contributed by atoms with van der Waals surface area (Å²) in [7, 11) is 0. The third-order valence-corrected chi connectivity index (χ3v) is 4.49. The lowest BCUT2D eigenvalue weighted by Crippen LogP contribution is -2.50. The molecule has 6 heteroatoms. The number of carbonyl (C=O) groups excluding carboxylic acids is 1. The van der Waals surface area contributed by atoms with Gasteiger partial charge in [0.05, 0.1) is 6.04 Å². The molecule has 2 rings (SSSR count). The summed E-state index contributed by atoms with van der Waals surface area (Å²) in [5.74, 6) is -0.337. The second-order valence-electron chi connectivity index (χ2n) is 5.92. The zero-order chi connectivity index (χ0) is 14.8. The van der Waals surface area contributed by atoms with Gasteiger partial charge in [0.25, 0.3) is 0 Å². The maximum absolute atomic E-state index is 12.7. The van der Waals surface area contributed by atoms with Crippen LogP contribution in [-0.2, 0) is 4.79 Å². The summed E-state index contributed by atoms with van der Waals surface area (Å²) >= 11 is 0. The molecule has 2 unspecified atom stereocenters. The Morgan fingerprint density at radius 2 is 1.65 bits per heavy atom. The number of alkyl halides is 3. The maximum Gasteiger partial charge on any atom is 0.416 e. The van der Waals surface area contributed by atoms with Gasteiger partial charge in [0.15, 0.2) is 6.10 Å². The Hall–Kier alpha value is -0.780. The van der Waals surface area contributed by atoms with Crippen LogP contribution in [0.5, 0.6) is 0 Å². The number of amides is 1. The van der Waals surface area contributed by atoms with Gasteiger partial charge in [-0.3, -0.25) is 4.79 Å². The van der Waals surface area contributed by atoms with Crippen LogP contribution in [0.15, 0.2) is 0 Å². The van der Waals surface area contributed by atoms with Crippen LogP contribution in [0.1, 0.15) is 51.4 Å². The van der Waals surface area contributed by atoms with E-state index in [2.05, 4.69) is 0 Å². The van der Waals surface area contributed by atoms with Crippen molar-refractivity contribution in [1.29, 1.82) is 0 Å². The predicted molar refractivity (Wildman–Crippen MR) is 68.0 cm³/mol. The van der Waals surface area contributed by atoms with E-state index in [1.54, 1.807) is 0 Å². The molecule has 0 aromatic carbocycles. The van der Waals surface area contributed by atoms with Crippen LogP contribution in [-0.4, -0.2) is 40.8 Å². The zero-order valence-electron chi connectivity index (χ0n) is 11.5. The maximum atomic E-state index is 12.7. The fourth-order valence-corrected chi connectivity index (χ4v) is 3.37. The van der Waals surface area contributed by atoms with Gasteiger partial charge in [0, 0.05) is 12.5 Å². The normalized spacial score (nSPS) is 27.4. The summed E-state index contributed by atoms with van der Waals surface area (Å²) in [5, 5.41) is 9.44. The Morgan fingerprint density at radius 1 is 1.05 bits per heavy atom. The minimum Gasteiger partial charge on any atom is -0.382 e. The third-order valence-electron chi connectivity index (χ3n) is 4.49. The standard InChI is InChI=1S/C14H22F3NO2/c15-14(16,17)12(19)11-8-5-9-18(11)13(20)10-6-3-1-2-4-7-10/h10-12,19H,1-9H2. The van der Waals surface area contributed by atoms with Crippen LogP contribution in [0.2, 0.25) is 0 Å².